The summed E-state index contributed by atoms with van der Waals surface area (Å²) in [5, 5.41) is 0. The molecule has 0 saturated carbocycles. The van der Waals surface area contributed by atoms with E-state index in [4.69, 9.17) is 4.74 Å². The van der Waals surface area contributed by atoms with Crippen LogP contribution in [-0.4, -0.2) is 13.2 Å². The van der Waals surface area contributed by atoms with Gasteiger partial charge in [-0.3, -0.25) is 0 Å². The molecule has 13 heavy (non-hydrogen) atoms. The van der Waals surface area contributed by atoms with Gasteiger partial charge in [0.25, 0.3) is 0 Å². The Labute approximate surface area is 83.9 Å². The Bertz CT molecular complexity index is 95.7. The van der Waals surface area contributed by atoms with E-state index in [1.807, 2.05) is 7.11 Å². The van der Waals surface area contributed by atoms with Crippen molar-refractivity contribution in [2.24, 2.45) is 11.8 Å². The Morgan fingerprint density at radius 1 is 0.769 bits per heavy atom. The molecule has 0 unspecified atom stereocenters. The van der Waals surface area contributed by atoms with Gasteiger partial charge in [-0.05, 0) is 37.5 Å². The van der Waals surface area contributed by atoms with Gasteiger partial charge in [-0.25, -0.2) is 0 Å². The molecule has 0 aliphatic heterocycles. The third-order valence-corrected chi connectivity index (χ3v) is 2.47. The molecule has 1 nitrogen and oxygen atoms in total. The van der Waals surface area contributed by atoms with Crippen molar-refractivity contribution in [1.29, 1.82) is 0 Å². The Morgan fingerprint density at radius 2 is 1.15 bits per heavy atom. The highest BCUT2D eigenvalue weighted by atomic mass is 16.5. The number of hydrogen-bond acceptors (Lipinski definition) is 1. The van der Waals surface area contributed by atoms with Crippen molar-refractivity contribution in [2.45, 2.75) is 59.5 Å². The minimum Gasteiger partial charge on any atom is -0.381 e. The first-order valence-corrected chi connectivity index (χ1v) is 5.59. The average molecular weight is 186 g/mol. The Kier molecular flexibility index (Phi) is 7.35. The molecule has 0 aromatic rings. The van der Waals surface area contributed by atoms with Gasteiger partial charge in [0, 0.05) is 7.11 Å². The molecule has 1 heteroatoms. The van der Waals surface area contributed by atoms with Crippen LogP contribution in [-0.2, 0) is 4.74 Å². The molecule has 0 aliphatic rings. The predicted molar refractivity (Wildman–Crippen MR) is 58.9 cm³/mol. The van der Waals surface area contributed by atoms with Crippen LogP contribution in [0.4, 0.5) is 0 Å². The Balaban J connectivity index is 3.51. The van der Waals surface area contributed by atoms with E-state index in [1.165, 1.54) is 25.7 Å². The van der Waals surface area contributed by atoms with Gasteiger partial charge in [0.05, 0.1) is 6.10 Å². The van der Waals surface area contributed by atoms with Gasteiger partial charge >= 0.3 is 0 Å². The number of ether oxygens (including phenoxy) is 1. The Hall–Kier alpha value is -0.0400. The Morgan fingerprint density at radius 3 is 1.38 bits per heavy atom. The molecular weight excluding hydrogens is 160 g/mol. The van der Waals surface area contributed by atoms with Crippen LogP contribution in [0.25, 0.3) is 0 Å². The third-order valence-electron chi connectivity index (χ3n) is 2.47. The largest absolute Gasteiger partial charge is 0.381 e. The van der Waals surface area contributed by atoms with Crippen LogP contribution in [0.1, 0.15) is 53.4 Å². The summed E-state index contributed by atoms with van der Waals surface area (Å²) in [7, 11) is 1.84. The standard InChI is InChI=1S/C12H26O/c1-10(2)6-8-12(13-5)9-7-11(3)4/h10-12H,6-9H2,1-5H3. The van der Waals surface area contributed by atoms with Gasteiger partial charge in [0.2, 0.25) is 0 Å². The zero-order valence-electron chi connectivity index (χ0n) is 9.97. The van der Waals surface area contributed by atoms with Crippen LogP contribution in [0.5, 0.6) is 0 Å². The second kappa shape index (κ2) is 7.37. The maximum atomic E-state index is 5.45. The van der Waals surface area contributed by atoms with Gasteiger partial charge in [-0.2, -0.15) is 0 Å². The lowest BCUT2D eigenvalue weighted by molar-refractivity contribution is 0.0785. The highest BCUT2D eigenvalue weighted by molar-refractivity contribution is 4.61. The van der Waals surface area contributed by atoms with Crippen LogP contribution >= 0.6 is 0 Å². The SMILES string of the molecule is COC(CCC(C)C)CCC(C)C. The van der Waals surface area contributed by atoms with Crippen molar-refractivity contribution >= 4 is 0 Å². The molecule has 0 aromatic heterocycles. The number of hydrogen-bond donors (Lipinski definition) is 0. The fourth-order valence-corrected chi connectivity index (χ4v) is 1.42. The minimum atomic E-state index is 0.491. The lowest BCUT2D eigenvalue weighted by Crippen LogP contribution is -2.12. The summed E-state index contributed by atoms with van der Waals surface area (Å²) < 4.78 is 5.45. The van der Waals surface area contributed by atoms with Crippen molar-refractivity contribution in [3.63, 3.8) is 0 Å². The first-order valence-electron chi connectivity index (χ1n) is 5.59. The number of rotatable bonds is 7. The molecular formula is C12H26O. The van der Waals surface area contributed by atoms with Gasteiger partial charge in [-0.15, -0.1) is 0 Å². The molecule has 0 radical (unpaired) electrons. The van der Waals surface area contributed by atoms with E-state index < -0.39 is 0 Å². The topological polar surface area (TPSA) is 9.23 Å². The maximum Gasteiger partial charge on any atom is 0.0571 e. The van der Waals surface area contributed by atoms with Gasteiger partial charge in [0.1, 0.15) is 0 Å². The van der Waals surface area contributed by atoms with E-state index >= 15 is 0 Å². The maximum absolute atomic E-state index is 5.45. The molecule has 0 saturated heterocycles. The van der Waals surface area contributed by atoms with E-state index in [9.17, 15) is 0 Å². The first kappa shape index (κ1) is 13.0. The molecule has 0 fully saturated rings. The molecule has 0 rings (SSSR count). The molecule has 0 bridgehead atoms. The molecule has 80 valence electrons. The fraction of sp³-hybridized carbons (Fsp3) is 1.00. The lowest BCUT2D eigenvalue weighted by atomic mass is 9.99. The van der Waals surface area contributed by atoms with E-state index in [-0.39, 0.29) is 0 Å². The summed E-state index contributed by atoms with van der Waals surface area (Å²) in [4.78, 5) is 0. The monoisotopic (exact) mass is 186 g/mol. The zero-order chi connectivity index (χ0) is 10.3. The smallest absolute Gasteiger partial charge is 0.0571 e. The van der Waals surface area contributed by atoms with E-state index in [0.29, 0.717) is 6.10 Å². The second-order valence-electron chi connectivity index (χ2n) is 4.80. The first-order chi connectivity index (χ1) is 6.06. The molecule has 0 amide bonds. The minimum absolute atomic E-state index is 0.491. The van der Waals surface area contributed by atoms with Crippen molar-refractivity contribution in [3.05, 3.63) is 0 Å². The zero-order valence-corrected chi connectivity index (χ0v) is 9.97. The molecule has 0 spiro atoms. The third kappa shape index (κ3) is 8.29. The van der Waals surface area contributed by atoms with Gasteiger partial charge in [0.15, 0.2) is 0 Å². The molecule has 0 heterocycles. The van der Waals surface area contributed by atoms with Crippen molar-refractivity contribution in [2.75, 3.05) is 7.11 Å². The summed E-state index contributed by atoms with van der Waals surface area (Å²) in [6, 6.07) is 0. The normalized spacial score (nSPS) is 12.0. The molecule has 0 aliphatic carbocycles. The molecule has 0 aromatic carbocycles. The lowest BCUT2D eigenvalue weighted by Gasteiger charge is -2.17. The predicted octanol–water partition coefficient (Wildman–Crippen LogP) is 3.87. The summed E-state index contributed by atoms with van der Waals surface area (Å²) in [5.74, 6) is 1.60. The number of methoxy groups -OCH3 is 1. The van der Waals surface area contributed by atoms with Crippen LogP contribution < -0.4 is 0 Å². The van der Waals surface area contributed by atoms with Crippen LogP contribution in [0, 0.1) is 11.8 Å². The van der Waals surface area contributed by atoms with Crippen molar-refractivity contribution in [1.82, 2.24) is 0 Å². The summed E-state index contributed by atoms with van der Waals surface area (Å²) in [6.07, 6.45) is 5.51. The summed E-state index contributed by atoms with van der Waals surface area (Å²) in [6.45, 7) is 9.09. The summed E-state index contributed by atoms with van der Waals surface area (Å²) >= 11 is 0. The highest BCUT2D eigenvalue weighted by Crippen LogP contribution is 2.15. The average Bonchev–Trinajstić information content (AvgIpc) is 2.04. The van der Waals surface area contributed by atoms with Crippen LogP contribution in [0.2, 0.25) is 0 Å². The van der Waals surface area contributed by atoms with E-state index in [2.05, 4.69) is 27.7 Å². The van der Waals surface area contributed by atoms with Gasteiger partial charge < -0.3 is 4.74 Å². The highest BCUT2D eigenvalue weighted by Gasteiger charge is 2.08. The van der Waals surface area contributed by atoms with Crippen molar-refractivity contribution < 1.29 is 4.74 Å². The van der Waals surface area contributed by atoms with Crippen LogP contribution in [0.15, 0.2) is 0 Å². The summed E-state index contributed by atoms with van der Waals surface area (Å²) in [5.41, 5.74) is 0. The van der Waals surface area contributed by atoms with Crippen LogP contribution in [0.3, 0.4) is 0 Å². The van der Waals surface area contributed by atoms with Gasteiger partial charge in [-0.1, -0.05) is 27.7 Å². The van der Waals surface area contributed by atoms with E-state index in [0.717, 1.165) is 11.8 Å². The fourth-order valence-electron chi connectivity index (χ4n) is 1.42. The molecule has 0 atom stereocenters. The quantitative estimate of drug-likeness (QED) is 0.586. The second-order valence-corrected chi connectivity index (χ2v) is 4.80. The van der Waals surface area contributed by atoms with Crippen molar-refractivity contribution in [3.8, 4) is 0 Å². The molecule has 0 N–H and O–H groups in total. The van der Waals surface area contributed by atoms with E-state index in [1.54, 1.807) is 0 Å².